The third kappa shape index (κ3) is 47.9. The molecule has 364 valence electrons. The molecule has 0 nitrogen and oxygen atoms in total. The van der Waals surface area contributed by atoms with Gasteiger partial charge in [0.15, 0.2) is 0 Å². The summed E-state index contributed by atoms with van der Waals surface area (Å²) in [7, 11) is -1.10. The molecule has 0 aliphatic carbocycles. The molecule has 0 aromatic rings. The van der Waals surface area contributed by atoms with E-state index < -0.39 is 7.26 Å². The standard InChI is InChI=1S/C59H123P/c1-5-9-12-15-18-21-24-27-30-33-36-39-42-45-48-51-54-57-60(8-4,58-55-52-49-46-43-40-37-34-31-28-25-22-19-16-13-10-6-2)59-56-53-50-47-44-41-38-35-32-29-26-23-20-17-14-11-7-3/h60H,5-59H2,1-4H3. The van der Waals surface area contributed by atoms with Gasteiger partial charge in [0.1, 0.15) is 0 Å². The molecule has 0 aromatic heterocycles. The molecule has 1 heteroatoms. The van der Waals surface area contributed by atoms with Gasteiger partial charge in [0.2, 0.25) is 0 Å². The molecule has 0 saturated heterocycles. The summed E-state index contributed by atoms with van der Waals surface area (Å²) in [6.45, 7) is 9.60. The summed E-state index contributed by atoms with van der Waals surface area (Å²) in [5.41, 5.74) is 0. The van der Waals surface area contributed by atoms with Crippen LogP contribution >= 0.6 is 7.26 Å². The summed E-state index contributed by atoms with van der Waals surface area (Å²) in [4.78, 5) is 0. The number of unbranched alkanes of at least 4 members (excludes halogenated alkanes) is 48. The summed E-state index contributed by atoms with van der Waals surface area (Å²) < 4.78 is 0. The third-order valence-electron chi connectivity index (χ3n) is 15.2. The zero-order chi connectivity index (χ0) is 43.4. The van der Waals surface area contributed by atoms with Crippen molar-refractivity contribution in [2.75, 3.05) is 24.6 Å². The second-order valence-corrected chi connectivity index (χ2v) is 26.3. The van der Waals surface area contributed by atoms with E-state index in [1.807, 2.05) is 0 Å². The summed E-state index contributed by atoms with van der Waals surface area (Å²) >= 11 is 0. The Hall–Kier alpha value is 0.430. The van der Waals surface area contributed by atoms with Gasteiger partial charge in [-0.15, -0.1) is 0 Å². The third-order valence-corrected chi connectivity index (χ3v) is 20.9. The van der Waals surface area contributed by atoms with Gasteiger partial charge in [-0.25, -0.2) is 0 Å². The Morgan fingerprint density at radius 1 is 0.150 bits per heavy atom. The zero-order valence-electron chi connectivity index (χ0n) is 43.4. The summed E-state index contributed by atoms with van der Waals surface area (Å²) in [6, 6.07) is 0. The van der Waals surface area contributed by atoms with Crippen molar-refractivity contribution in [3.8, 4) is 0 Å². The molecule has 0 fully saturated rings. The SMILES string of the molecule is CCCCCCCCCCCCCCCCCCC[PH](CC)(CCCCCCCCCCCCCCCCCCC)CCCCCCCCCCCCCCCCCCC. The van der Waals surface area contributed by atoms with Crippen LogP contribution in [0.3, 0.4) is 0 Å². The predicted octanol–water partition coefficient (Wildman–Crippen LogP) is 22.7. The van der Waals surface area contributed by atoms with E-state index in [1.54, 1.807) is 43.9 Å². The van der Waals surface area contributed by atoms with E-state index in [0.29, 0.717) is 0 Å². The van der Waals surface area contributed by atoms with Crippen LogP contribution in [-0.2, 0) is 0 Å². The number of hydrogen-bond donors (Lipinski definition) is 0. The molecular formula is C59H123P. The van der Waals surface area contributed by atoms with Crippen molar-refractivity contribution in [2.45, 2.75) is 355 Å². The van der Waals surface area contributed by atoms with E-state index >= 15 is 0 Å². The van der Waals surface area contributed by atoms with Crippen molar-refractivity contribution < 1.29 is 0 Å². The molecule has 0 spiro atoms. The van der Waals surface area contributed by atoms with Crippen LogP contribution in [0.4, 0.5) is 0 Å². The van der Waals surface area contributed by atoms with E-state index in [1.165, 1.54) is 308 Å². The first-order valence-corrected chi connectivity index (χ1v) is 32.6. The maximum atomic E-state index is 2.63. The Morgan fingerprint density at radius 3 is 0.383 bits per heavy atom. The second kappa shape index (κ2) is 53.8. The fourth-order valence-electron chi connectivity index (χ4n) is 10.6. The van der Waals surface area contributed by atoms with Crippen molar-refractivity contribution in [3.63, 3.8) is 0 Å². The minimum absolute atomic E-state index is 1.10. The van der Waals surface area contributed by atoms with Gasteiger partial charge < -0.3 is 0 Å². The summed E-state index contributed by atoms with van der Waals surface area (Å²) in [5, 5.41) is 0. The molecule has 0 aliphatic heterocycles. The molecule has 0 saturated carbocycles. The van der Waals surface area contributed by atoms with Crippen LogP contribution in [0.5, 0.6) is 0 Å². The second-order valence-electron chi connectivity index (χ2n) is 21.1. The van der Waals surface area contributed by atoms with Crippen molar-refractivity contribution in [1.82, 2.24) is 0 Å². The molecule has 0 amide bonds. The fourth-order valence-corrected chi connectivity index (χ4v) is 15.4. The van der Waals surface area contributed by atoms with Crippen LogP contribution in [0.25, 0.3) is 0 Å². The van der Waals surface area contributed by atoms with E-state index in [-0.39, 0.29) is 0 Å². The first kappa shape index (κ1) is 60.4. The van der Waals surface area contributed by atoms with Crippen LogP contribution < -0.4 is 0 Å². The smallest absolute Gasteiger partial charge is 0.0654 e. The van der Waals surface area contributed by atoms with Gasteiger partial charge in [0.25, 0.3) is 0 Å². The van der Waals surface area contributed by atoms with Gasteiger partial charge in [-0.05, 0) is 0 Å². The normalized spacial score (nSPS) is 12.3. The molecule has 0 aliphatic rings. The summed E-state index contributed by atoms with van der Waals surface area (Å²) in [6.07, 6.45) is 82.7. The Morgan fingerprint density at radius 2 is 0.267 bits per heavy atom. The quantitative estimate of drug-likeness (QED) is 0.0422. The average molecular weight is 864 g/mol. The van der Waals surface area contributed by atoms with Crippen molar-refractivity contribution in [1.29, 1.82) is 0 Å². The van der Waals surface area contributed by atoms with Gasteiger partial charge in [0.05, 0.1) is 0 Å². The van der Waals surface area contributed by atoms with E-state index in [9.17, 15) is 0 Å². The van der Waals surface area contributed by atoms with Crippen molar-refractivity contribution in [3.05, 3.63) is 0 Å². The molecule has 0 atom stereocenters. The van der Waals surface area contributed by atoms with Gasteiger partial charge >= 0.3 is 251 Å². The van der Waals surface area contributed by atoms with Crippen molar-refractivity contribution in [2.24, 2.45) is 0 Å². The van der Waals surface area contributed by atoms with E-state index in [0.717, 1.165) is 0 Å². The molecule has 0 N–H and O–H groups in total. The molecule has 0 aromatic carbocycles. The fraction of sp³-hybridized carbons (Fsp3) is 1.00. The minimum atomic E-state index is -1.10. The number of rotatable bonds is 55. The molecule has 0 heterocycles. The molecule has 0 rings (SSSR count). The van der Waals surface area contributed by atoms with Gasteiger partial charge in [-0.3, -0.25) is 0 Å². The molecule has 0 bridgehead atoms. The van der Waals surface area contributed by atoms with Crippen LogP contribution in [0.1, 0.15) is 355 Å². The first-order chi connectivity index (χ1) is 29.7. The molecule has 60 heavy (non-hydrogen) atoms. The van der Waals surface area contributed by atoms with Gasteiger partial charge in [-0.1, -0.05) is 136 Å². The Balaban J connectivity index is 4.19. The van der Waals surface area contributed by atoms with Crippen molar-refractivity contribution >= 4 is 7.26 Å². The predicted molar refractivity (Wildman–Crippen MR) is 286 cm³/mol. The van der Waals surface area contributed by atoms with E-state index in [4.69, 9.17) is 0 Å². The Labute approximate surface area is 385 Å². The van der Waals surface area contributed by atoms with E-state index in [2.05, 4.69) is 27.7 Å². The Kier molecular flexibility index (Phi) is 54.2. The van der Waals surface area contributed by atoms with Gasteiger partial charge in [0, 0.05) is 0 Å². The minimum Gasteiger partial charge on any atom is -0.0654 e. The zero-order valence-corrected chi connectivity index (χ0v) is 44.4. The Bertz CT molecular complexity index is 636. The van der Waals surface area contributed by atoms with Crippen LogP contribution in [-0.4, -0.2) is 24.6 Å². The van der Waals surface area contributed by atoms with Crippen LogP contribution in [0, 0.1) is 0 Å². The van der Waals surface area contributed by atoms with Gasteiger partial charge in [-0.2, -0.15) is 0 Å². The number of hydrogen-bond acceptors (Lipinski definition) is 0. The molecule has 0 unspecified atom stereocenters. The molecular weight excluding hydrogens is 740 g/mol. The van der Waals surface area contributed by atoms with Crippen LogP contribution in [0.2, 0.25) is 0 Å². The monoisotopic (exact) mass is 863 g/mol. The molecule has 0 radical (unpaired) electrons. The summed E-state index contributed by atoms with van der Waals surface area (Å²) in [5.74, 6) is 0. The maximum absolute atomic E-state index is 2.63. The average Bonchev–Trinajstić information content (AvgIpc) is 3.26. The topological polar surface area (TPSA) is 0 Å². The van der Waals surface area contributed by atoms with Crippen LogP contribution in [0.15, 0.2) is 0 Å². The first-order valence-electron chi connectivity index (χ1n) is 29.7.